The number of rotatable bonds is 3. The molecule has 0 aliphatic heterocycles. The SMILES string of the molecule is CN(Cc1cccnc1)c1ccc(Cl)nn1. The summed E-state index contributed by atoms with van der Waals surface area (Å²) in [6.07, 6.45) is 3.59. The van der Waals surface area contributed by atoms with Gasteiger partial charge >= 0.3 is 0 Å². The zero-order chi connectivity index (χ0) is 11.4. The Morgan fingerprint density at radius 2 is 2.12 bits per heavy atom. The number of nitrogens with zero attached hydrogens (tertiary/aromatic N) is 4. The molecular formula is C11H11ClN4. The minimum absolute atomic E-state index is 0.401. The van der Waals surface area contributed by atoms with E-state index in [2.05, 4.69) is 15.2 Å². The summed E-state index contributed by atoms with van der Waals surface area (Å²) in [6, 6.07) is 7.50. The highest BCUT2D eigenvalue weighted by atomic mass is 35.5. The van der Waals surface area contributed by atoms with Gasteiger partial charge in [0.2, 0.25) is 0 Å². The van der Waals surface area contributed by atoms with Gasteiger partial charge in [0.25, 0.3) is 0 Å². The number of hydrogen-bond donors (Lipinski definition) is 0. The largest absolute Gasteiger partial charge is 0.354 e. The molecule has 0 aromatic carbocycles. The van der Waals surface area contributed by atoms with Crippen molar-refractivity contribution in [2.45, 2.75) is 6.54 Å². The Labute approximate surface area is 98.9 Å². The molecule has 0 saturated heterocycles. The van der Waals surface area contributed by atoms with Crippen molar-refractivity contribution in [1.29, 1.82) is 0 Å². The minimum atomic E-state index is 0.401. The summed E-state index contributed by atoms with van der Waals surface area (Å²) in [5, 5.41) is 8.20. The summed E-state index contributed by atoms with van der Waals surface area (Å²) in [4.78, 5) is 6.05. The highest BCUT2D eigenvalue weighted by Gasteiger charge is 2.03. The van der Waals surface area contributed by atoms with Crippen LogP contribution in [-0.2, 0) is 6.54 Å². The number of halogens is 1. The molecule has 0 atom stereocenters. The van der Waals surface area contributed by atoms with E-state index in [1.165, 1.54) is 0 Å². The lowest BCUT2D eigenvalue weighted by atomic mass is 10.3. The molecule has 0 spiro atoms. The Morgan fingerprint density at radius 1 is 1.25 bits per heavy atom. The van der Waals surface area contributed by atoms with E-state index in [4.69, 9.17) is 11.6 Å². The molecule has 0 N–H and O–H groups in total. The number of anilines is 1. The van der Waals surface area contributed by atoms with Crippen molar-refractivity contribution in [2.24, 2.45) is 0 Å². The van der Waals surface area contributed by atoms with Gasteiger partial charge < -0.3 is 4.90 Å². The Bertz CT molecular complexity index is 443. The lowest BCUT2D eigenvalue weighted by Gasteiger charge is -2.16. The highest BCUT2D eigenvalue weighted by Crippen LogP contribution is 2.12. The predicted octanol–water partition coefficient (Wildman–Crippen LogP) is 2.16. The van der Waals surface area contributed by atoms with Crippen molar-refractivity contribution >= 4 is 17.4 Å². The van der Waals surface area contributed by atoms with Gasteiger partial charge in [-0.25, -0.2) is 0 Å². The minimum Gasteiger partial charge on any atom is -0.354 e. The number of pyridine rings is 1. The molecule has 0 amide bonds. The molecule has 0 radical (unpaired) electrons. The van der Waals surface area contributed by atoms with Crippen LogP contribution in [0.15, 0.2) is 36.7 Å². The van der Waals surface area contributed by atoms with E-state index in [0.717, 1.165) is 17.9 Å². The zero-order valence-electron chi connectivity index (χ0n) is 8.84. The van der Waals surface area contributed by atoms with Crippen LogP contribution in [0.2, 0.25) is 5.15 Å². The first-order valence-corrected chi connectivity index (χ1v) is 5.23. The molecule has 4 nitrogen and oxygen atoms in total. The Morgan fingerprint density at radius 3 is 2.75 bits per heavy atom. The number of aromatic nitrogens is 3. The van der Waals surface area contributed by atoms with E-state index in [0.29, 0.717) is 5.15 Å². The first-order valence-electron chi connectivity index (χ1n) is 4.85. The predicted molar refractivity (Wildman–Crippen MR) is 63.4 cm³/mol. The monoisotopic (exact) mass is 234 g/mol. The molecule has 0 aliphatic carbocycles. The molecule has 16 heavy (non-hydrogen) atoms. The second kappa shape index (κ2) is 4.90. The molecular weight excluding hydrogens is 224 g/mol. The molecule has 0 aliphatic rings. The molecule has 2 aromatic heterocycles. The van der Waals surface area contributed by atoms with Gasteiger partial charge in [-0.05, 0) is 23.8 Å². The topological polar surface area (TPSA) is 41.9 Å². The van der Waals surface area contributed by atoms with Crippen LogP contribution in [0.5, 0.6) is 0 Å². The maximum Gasteiger partial charge on any atom is 0.151 e. The average molecular weight is 235 g/mol. The normalized spacial score (nSPS) is 10.1. The van der Waals surface area contributed by atoms with E-state index in [1.54, 1.807) is 12.3 Å². The summed E-state index contributed by atoms with van der Waals surface area (Å²) in [6.45, 7) is 0.740. The second-order valence-corrected chi connectivity index (χ2v) is 3.82. The van der Waals surface area contributed by atoms with Crippen LogP contribution >= 0.6 is 11.6 Å². The number of hydrogen-bond acceptors (Lipinski definition) is 4. The Kier molecular flexibility index (Phi) is 3.31. The van der Waals surface area contributed by atoms with Gasteiger partial charge in [0.1, 0.15) is 0 Å². The molecule has 2 heterocycles. The van der Waals surface area contributed by atoms with Crippen LogP contribution < -0.4 is 4.90 Å². The average Bonchev–Trinajstić information content (AvgIpc) is 2.31. The van der Waals surface area contributed by atoms with E-state index in [-0.39, 0.29) is 0 Å². The molecule has 5 heteroatoms. The van der Waals surface area contributed by atoms with Gasteiger partial charge in [-0.15, -0.1) is 10.2 Å². The van der Waals surface area contributed by atoms with Crippen LogP contribution in [0.3, 0.4) is 0 Å². The second-order valence-electron chi connectivity index (χ2n) is 3.43. The molecule has 0 saturated carbocycles. The van der Waals surface area contributed by atoms with E-state index >= 15 is 0 Å². The zero-order valence-corrected chi connectivity index (χ0v) is 9.59. The molecule has 2 aromatic rings. The Hall–Kier alpha value is -1.68. The molecule has 0 unspecified atom stereocenters. The lowest BCUT2D eigenvalue weighted by Crippen LogP contribution is -2.18. The highest BCUT2D eigenvalue weighted by molar-refractivity contribution is 6.29. The molecule has 82 valence electrons. The maximum atomic E-state index is 5.67. The van der Waals surface area contributed by atoms with Crippen LogP contribution in [0.4, 0.5) is 5.82 Å². The van der Waals surface area contributed by atoms with Crippen LogP contribution in [0.1, 0.15) is 5.56 Å². The van der Waals surface area contributed by atoms with Crippen molar-refractivity contribution in [3.63, 3.8) is 0 Å². The fraction of sp³-hybridized carbons (Fsp3) is 0.182. The first kappa shape index (κ1) is 10.8. The summed E-state index contributed by atoms with van der Waals surface area (Å²) < 4.78 is 0. The first-order chi connectivity index (χ1) is 7.75. The quantitative estimate of drug-likeness (QED) is 0.816. The van der Waals surface area contributed by atoms with Crippen molar-refractivity contribution in [3.8, 4) is 0 Å². The summed E-state index contributed by atoms with van der Waals surface area (Å²) >= 11 is 5.67. The fourth-order valence-corrected chi connectivity index (χ4v) is 1.46. The summed E-state index contributed by atoms with van der Waals surface area (Å²) in [5.41, 5.74) is 1.13. The van der Waals surface area contributed by atoms with Crippen LogP contribution in [0, 0.1) is 0 Å². The standard InChI is InChI=1S/C11H11ClN4/c1-16(8-9-3-2-6-13-7-9)11-5-4-10(12)14-15-11/h2-7H,8H2,1H3. The molecule has 2 rings (SSSR count). The van der Waals surface area contributed by atoms with E-state index in [1.807, 2.05) is 36.3 Å². The maximum absolute atomic E-state index is 5.67. The fourth-order valence-electron chi connectivity index (χ4n) is 1.36. The van der Waals surface area contributed by atoms with Gasteiger partial charge in [0.15, 0.2) is 11.0 Å². The van der Waals surface area contributed by atoms with Gasteiger partial charge in [-0.1, -0.05) is 17.7 Å². The summed E-state index contributed by atoms with van der Waals surface area (Å²) in [5.74, 6) is 0.785. The molecule has 0 bridgehead atoms. The van der Waals surface area contributed by atoms with E-state index < -0.39 is 0 Å². The van der Waals surface area contributed by atoms with E-state index in [9.17, 15) is 0 Å². The van der Waals surface area contributed by atoms with Gasteiger partial charge in [0.05, 0.1) is 0 Å². The Balaban J connectivity index is 2.09. The van der Waals surface area contributed by atoms with Crippen molar-refractivity contribution in [2.75, 3.05) is 11.9 Å². The third-order valence-corrected chi connectivity index (χ3v) is 2.35. The third kappa shape index (κ3) is 2.67. The molecule has 0 fully saturated rings. The lowest BCUT2D eigenvalue weighted by molar-refractivity contribution is 0.862. The summed E-state index contributed by atoms with van der Waals surface area (Å²) in [7, 11) is 1.95. The van der Waals surface area contributed by atoms with Gasteiger partial charge in [-0.3, -0.25) is 4.98 Å². The van der Waals surface area contributed by atoms with Crippen molar-refractivity contribution in [3.05, 3.63) is 47.4 Å². The van der Waals surface area contributed by atoms with Gasteiger partial charge in [-0.2, -0.15) is 0 Å². The third-order valence-electron chi connectivity index (χ3n) is 2.15. The van der Waals surface area contributed by atoms with Crippen LogP contribution in [-0.4, -0.2) is 22.2 Å². The van der Waals surface area contributed by atoms with Crippen molar-refractivity contribution in [1.82, 2.24) is 15.2 Å². The van der Waals surface area contributed by atoms with Crippen molar-refractivity contribution < 1.29 is 0 Å². The smallest absolute Gasteiger partial charge is 0.151 e. The van der Waals surface area contributed by atoms with Gasteiger partial charge in [0, 0.05) is 26.0 Å². The van der Waals surface area contributed by atoms with Crippen LogP contribution in [0.25, 0.3) is 0 Å².